The molecule has 0 unspecified atom stereocenters. The van der Waals surface area contributed by atoms with E-state index in [1.54, 1.807) is 11.6 Å². The molecule has 0 bridgehead atoms. The molecule has 0 aliphatic heterocycles. The Labute approximate surface area is 168 Å². The van der Waals surface area contributed by atoms with Gasteiger partial charge in [0.1, 0.15) is 6.54 Å². The number of hydrogen-bond acceptors (Lipinski definition) is 6. The van der Waals surface area contributed by atoms with Gasteiger partial charge >= 0.3 is 5.69 Å². The highest BCUT2D eigenvalue weighted by Crippen LogP contribution is 2.27. The first-order chi connectivity index (χ1) is 12.9. The molecule has 0 N–H and O–H groups in total. The quantitative estimate of drug-likeness (QED) is 0.403. The Morgan fingerprint density at radius 2 is 1.81 bits per heavy atom. The molecule has 0 saturated carbocycles. The topological polar surface area (TPSA) is 101 Å². The third-order valence-corrected chi connectivity index (χ3v) is 5.45. The molecule has 138 valence electrons. The van der Waals surface area contributed by atoms with Crippen LogP contribution >= 0.6 is 31.9 Å². The van der Waals surface area contributed by atoms with E-state index < -0.39 is 11.2 Å². The van der Waals surface area contributed by atoms with Gasteiger partial charge in [0.25, 0.3) is 5.56 Å². The minimum Gasteiger partial charge on any atom is -0.419 e. The largest absolute Gasteiger partial charge is 0.419 e. The Balaban J connectivity index is 1.82. The third-order valence-electron chi connectivity index (χ3n) is 4.16. The summed E-state index contributed by atoms with van der Waals surface area (Å²) in [4.78, 5) is 28.8. The smallest absolute Gasteiger partial charge is 0.332 e. The maximum Gasteiger partial charge on any atom is 0.332 e. The number of nitrogens with zero attached hydrogens (tertiary/aromatic N) is 6. The van der Waals surface area contributed by atoms with Crippen molar-refractivity contribution < 1.29 is 4.42 Å². The van der Waals surface area contributed by atoms with Crippen molar-refractivity contribution >= 4 is 43.0 Å². The first kappa shape index (κ1) is 17.9. The number of aryl methyl sites for hydroxylation is 1. The van der Waals surface area contributed by atoms with Gasteiger partial charge in [-0.3, -0.25) is 18.5 Å². The van der Waals surface area contributed by atoms with Crippen molar-refractivity contribution in [2.45, 2.75) is 6.54 Å². The lowest BCUT2D eigenvalue weighted by Crippen LogP contribution is -2.37. The monoisotopic (exact) mass is 494 g/mol. The molecule has 27 heavy (non-hydrogen) atoms. The molecule has 3 aromatic heterocycles. The van der Waals surface area contributed by atoms with Crippen LogP contribution in [0.1, 0.15) is 5.89 Å². The van der Waals surface area contributed by atoms with Crippen molar-refractivity contribution in [1.82, 2.24) is 28.9 Å². The van der Waals surface area contributed by atoms with Crippen LogP contribution in [0.15, 0.2) is 47.5 Å². The highest BCUT2D eigenvalue weighted by atomic mass is 79.9. The fourth-order valence-electron chi connectivity index (χ4n) is 2.80. The minimum absolute atomic E-state index is 0.148. The molecule has 11 heteroatoms. The van der Waals surface area contributed by atoms with Crippen LogP contribution in [-0.2, 0) is 20.6 Å². The summed E-state index contributed by atoms with van der Waals surface area (Å²) in [5.41, 5.74) is 0.410. The van der Waals surface area contributed by atoms with Crippen LogP contribution in [-0.4, -0.2) is 28.9 Å². The fraction of sp³-hybridized carbons (Fsp3) is 0.188. The number of hydrogen-bond donors (Lipinski definition) is 0. The van der Waals surface area contributed by atoms with Crippen LogP contribution in [0.25, 0.3) is 22.6 Å². The van der Waals surface area contributed by atoms with E-state index in [4.69, 9.17) is 4.42 Å². The van der Waals surface area contributed by atoms with Gasteiger partial charge < -0.3 is 4.42 Å². The Bertz CT molecular complexity index is 1300. The van der Waals surface area contributed by atoms with Crippen molar-refractivity contribution in [3.63, 3.8) is 0 Å². The lowest BCUT2D eigenvalue weighted by atomic mass is 10.2. The van der Waals surface area contributed by atoms with Crippen molar-refractivity contribution in [2.24, 2.45) is 14.1 Å². The summed E-state index contributed by atoms with van der Waals surface area (Å²) in [6.45, 7) is 0.148. The SMILES string of the molecule is Cn1c(=O)c2nc(Br)n(Cc3nnc(-c4ccccc4Br)o3)c2n(C)c1=O. The molecule has 0 saturated heterocycles. The van der Waals surface area contributed by atoms with Gasteiger partial charge in [0, 0.05) is 18.6 Å². The summed E-state index contributed by atoms with van der Waals surface area (Å²) >= 11 is 6.79. The van der Waals surface area contributed by atoms with Gasteiger partial charge in [-0.05, 0) is 44.0 Å². The molecule has 0 amide bonds. The maximum atomic E-state index is 12.3. The van der Waals surface area contributed by atoms with Gasteiger partial charge in [-0.25, -0.2) is 9.78 Å². The number of benzene rings is 1. The van der Waals surface area contributed by atoms with Gasteiger partial charge in [-0.2, -0.15) is 0 Å². The highest BCUT2D eigenvalue weighted by Gasteiger charge is 2.20. The molecule has 9 nitrogen and oxygen atoms in total. The molecule has 3 heterocycles. The number of rotatable bonds is 3. The van der Waals surface area contributed by atoms with E-state index in [-0.39, 0.29) is 12.1 Å². The molecular weight excluding hydrogens is 484 g/mol. The number of halogens is 2. The summed E-state index contributed by atoms with van der Waals surface area (Å²) in [5.74, 6) is 0.678. The molecule has 0 spiro atoms. The first-order valence-electron chi connectivity index (χ1n) is 7.77. The Morgan fingerprint density at radius 3 is 2.56 bits per heavy atom. The van der Waals surface area contributed by atoms with Gasteiger partial charge in [-0.1, -0.05) is 12.1 Å². The molecule has 0 fully saturated rings. The van der Waals surface area contributed by atoms with Crippen molar-refractivity contribution in [3.05, 3.63) is 60.2 Å². The van der Waals surface area contributed by atoms with Crippen LogP contribution in [0.5, 0.6) is 0 Å². The zero-order valence-electron chi connectivity index (χ0n) is 14.2. The molecule has 1 aromatic carbocycles. The highest BCUT2D eigenvalue weighted by molar-refractivity contribution is 9.10. The summed E-state index contributed by atoms with van der Waals surface area (Å²) in [7, 11) is 2.99. The summed E-state index contributed by atoms with van der Waals surface area (Å²) in [6, 6.07) is 7.50. The van der Waals surface area contributed by atoms with E-state index in [0.717, 1.165) is 14.6 Å². The summed E-state index contributed by atoms with van der Waals surface area (Å²) < 4.78 is 11.0. The van der Waals surface area contributed by atoms with Crippen LogP contribution in [0.4, 0.5) is 0 Å². The Kier molecular flexibility index (Phi) is 4.35. The molecule has 0 aliphatic rings. The van der Waals surface area contributed by atoms with Gasteiger partial charge in [0.15, 0.2) is 15.9 Å². The molecule has 0 aliphatic carbocycles. The standard InChI is InChI=1S/C16H12Br2N6O3/c1-22-13-11(14(25)23(2)16(22)26)19-15(18)24(13)7-10-20-21-12(27-10)8-5-3-4-6-9(8)17/h3-6H,7H2,1-2H3. The third kappa shape index (κ3) is 2.86. The van der Waals surface area contributed by atoms with E-state index >= 15 is 0 Å². The summed E-state index contributed by atoms with van der Waals surface area (Å²) in [6.07, 6.45) is 0. The molecule has 0 atom stereocenters. The number of imidazole rings is 1. The van der Waals surface area contributed by atoms with Crippen molar-refractivity contribution in [1.29, 1.82) is 0 Å². The molecule has 0 radical (unpaired) electrons. The van der Waals surface area contributed by atoms with E-state index in [2.05, 4.69) is 47.0 Å². The average molecular weight is 496 g/mol. The second-order valence-electron chi connectivity index (χ2n) is 5.83. The van der Waals surface area contributed by atoms with E-state index in [1.165, 1.54) is 11.6 Å². The Morgan fingerprint density at radius 1 is 1.07 bits per heavy atom. The molecular formula is C16H12Br2N6O3. The van der Waals surface area contributed by atoms with Crippen LogP contribution in [0.3, 0.4) is 0 Å². The maximum absolute atomic E-state index is 12.3. The van der Waals surface area contributed by atoms with Crippen LogP contribution < -0.4 is 11.2 Å². The first-order valence-corrected chi connectivity index (χ1v) is 9.36. The normalized spacial score (nSPS) is 11.4. The van der Waals surface area contributed by atoms with Crippen molar-refractivity contribution in [3.8, 4) is 11.5 Å². The Hall–Kier alpha value is -2.53. The number of aromatic nitrogens is 6. The van der Waals surface area contributed by atoms with E-state index in [1.807, 2.05) is 24.3 Å². The zero-order chi connectivity index (χ0) is 19.3. The van der Waals surface area contributed by atoms with Crippen LogP contribution in [0.2, 0.25) is 0 Å². The fourth-order valence-corrected chi connectivity index (χ4v) is 3.72. The second-order valence-corrected chi connectivity index (χ2v) is 7.39. The zero-order valence-corrected chi connectivity index (χ0v) is 17.4. The number of fused-ring (bicyclic) bond motifs is 1. The van der Waals surface area contributed by atoms with Gasteiger partial charge in [-0.15, -0.1) is 10.2 Å². The lowest BCUT2D eigenvalue weighted by Gasteiger charge is -2.07. The van der Waals surface area contributed by atoms with Gasteiger partial charge in [0.05, 0.1) is 5.56 Å². The molecule has 4 rings (SSSR count). The van der Waals surface area contributed by atoms with Crippen molar-refractivity contribution in [2.75, 3.05) is 0 Å². The minimum atomic E-state index is -0.466. The van der Waals surface area contributed by atoms with E-state index in [9.17, 15) is 9.59 Å². The van der Waals surface area contributed by atoms with Gasteiger partial charge in [0.2, 0.25) is 11.8 Å². The lowest BCUT2D eigenvalue weighted by molar-refractivity contribution is 0.486. The van der Waals surface area contributed by atoms with E-state index in [0.29, 0.717) is 22.2 Å². The average Bonchev–Trinajstić information content (AvgIpc) is 3.24. The summed E-state index contributed by atoms with van der Waals surface area (Å²) in [5, 5.41) is 8.15. The predicted octanol–water partition coefficient (Wildman–Crippen LogP) is 2.06. The van der Waals surface area contributed by atoms with Crippen LogP contribution in [0, 0.1) is 0 Å². The predicted molar refractivity (Wildman–Crippen MR) is 104 cm³/mol. The molecule has 4 aromatic rings. The second kappa shape index (κ2) is 6.57.